The molecule has 0 amide bonds. The van der Waals surface area contributed by atoms with E-state index in [2.05, 4.69) is 46.2 Å². The lowest BCUT2D eigenvalue weighted by atomic mass is 10.0. The van der Waals surface area contributed by atoms with E-state index in [1.807, 2.05) is 6.92 Å². The van der Waals surface area contributed by atoms with Crippen molar-refractivity contribution in [1.29, 1.82) is 0 Å². The zero-order chi connectivity index (χ0) is 19.4. The Balaban J connectivity index is 2.83. The van der Waals surface area contributed by atoms with Crippen LogP contribution in [0.4, 0.5) is 0 Å². The van der Waals surface area contributed by atoms with E-state index in [4.69, 9.17) is 11.6 Å². The lowest BCUT2D eigenvalue weighted by Gasteiger charge is -2.49. The first kappa shape index (κ1) is 20.2. The molecule has 0 saturated heterocycles. The Labute approximate surface area is 158 Å². The van der Waals surface area contributed by atoms with Gasteiger partial charge < -0.3 is 5.11 Å². The number of hydrogen-bond acceptors (Lipinski definition) is 2. The average molecular weight is 393 g/mol. The molecule has 5 heteroatoms. The van der Waals surface area contributed by atoms with Crippen molar-refractivity contribution in [2.75, 3.05) is 0 Å². The molecule has 25 heavy (non-hydrogen) atoms. The van der Waals surface area contributed by atoms with Crippen LogP contribution in [0.25, 0.3) is 5.76 Å². The van der Waals surface area contributed by atoms with E-state index in [9.17, 15) is 9.90 Å². The van der Waals surface area contributed by atoms with Crippen molar-refractivity contribution in [3.05, 3.63) is 51.6 Å². The molecule has 0 fully saturated rings. The number of Topliss-reactive ketones (excluding diaryl/α,β-unsaturated/α-hetero) is 1. The minimum atomic E-state index is -1.89. The minimum Gasteiger partial charge on any atom is -0.507 e. The van der Waals surface area contributed by atoms with Gasteiger partial charge in [-0.2, -0.15) is 0 Å². The summed E-state index contributed by atoms with van der Waals surface area (Å²) in [5.41, 5.74) is 3.20. The summed E-state index contributed by atoms with van der Waals surface area (Å²) in [6, 6.07) is 7.07. The second-order valence-corrected chi connectivity index (χ2v) is 20.5. The normalized spacial score (nSPS) is 20.3. The number of carbonyl (C=O) groups is 1. The van der Waals surface area contributed by atoms with Crippen LogP contribution in [-0.4, -0.2) is 27.0 Å². The molecule has 0 aromatic heterocycles. The molecule has 1 aromatic carbocycles. The van der Waals surface area contributed by atoms with Crippen molar-refractivity contribution in [2.45, 2.75) is 57.8 Å². The average Bonchev–Trinajstić information content (AvgIpc) is 2.65. The molecule has 0 heterocycles. The number of ketones is 1. The molecule has 0 radical (unpaired) electrons. The predicted octanol–water partition coefficient (Wildman–Crippen LogP) is 6.48. The van der Waals surface area contributed by atoms with Gasteiger partial charge in [-0.05, 0) is 31.6 Å². The van der Waals surface area contributed by atoms with Gasteiger partial charge in [0, 0.05) is 15.2 Å². The summed E-state index contributed by atoms with van der Waals surface area (Å²) in [6.07, 6.45) is 0. The second-order valence-electron chi connectivity index (χ2n) is 9.06. The van der Waals surface area contributed by atoms with Gasteiger partial charge in [0.25, 0.3) is 0 Å². The maximum Gasteiger partial charge on any atom is 0.171 e. The zero-order valence-electron chi connectivity index (χ0n) is 16.5. The molecule has 0 bridgehead atoms. The monoisotopic (exact) mass is 392 g/mol. The third-order valence-electron chi connectivity index (χ3n) is 5.65. The van der Waals surface area contributed by atoms with Crippen molar-refractivity contribution >= 4 is 39.3 Å². The van der Waals surface area contributed by atoms with E-state index in [0.29, 0.717) is 16.2 Å². The fourth-order valence-electron chi connectivity index (χ4n) is 4.99. The SMILES string of the molecule is CC1=C(C)C([Si](C)(C)C)([Si](C)(C)C)C(=O)/C1=C(/O)c1cccc(Cl)c1. The highest BCUT2D eigenvalue weighted by atomic mass is 35.5. The largest absolute Gasteiger partial charge is 0.507 e. The van der Waals surface area contributed by atoms with E-state index in [1.165, 1.54) is 5.57 Å². The standard InChI is InChI=1S/C20H29ClO2Si2/c1-13-14(2)20(24(3,4)5,25(6,7)8)19(23)17(13)18(22)15-10-9-11-16(21)12-15/h9-12,22H,1-8H3/b18-17+. The van der Waals surface area contributed by atoms with Crippen molar-refractivity contribution < 1.29 is 9.90 Å². The Morgan fingerprint density at radius 1 is 1.04 bits per heavy atom. The summed E-state index contributed by atoms with van der Waals surface area (Å²) < 4.78 is -0.397. The number of carbonyl (C=O) groups excluding carboxylic acids is 1. The van der Waals surface area contributed by atoms with Crippen molar-refractivity contribution in [1.82, 2.24) is 0 Å². The van der Waals surface area contributed by atoms with Gasteiger partial charge in [-0.3, -0.25) is 4.79 Å². The van der Waals surface area contributed by atoms with Crippen LogP contribution < -0.4 is 0 Å². The van der Waals surface area contributed by atoms with E-state index < -0.39 is 20.8 Å². The molecule has 0 atom stereocenters. The van der Waals surface area contributed by atoms with Crippen LogP contribution in [0.1, 0.15) is 19.4 Å². The highest BCUT2D eigenvalue weighted by Gasteiger charge is 2.63. The smallest absolute Gasteiger partial charge is 0.171 e. The Morgan fingerprint density at radius 2 is 1.56 bits per heavy atom. The Hall–Kier alpha value is -1.11. The molecule has 1 N–H and O–H groups in total. The minimum absolute atomic E-state index is 0.0581. The first-order valence-electron chi connectivity index (χ1n) is 8.69. The molecule has 136 valence electrons. The van der Waals surface area contributed by atoms with E-state index >= 15 is 0 Å². The number of aliphatic hydroxyl groups excluding tert-OH is 1. The van der Waals surface area contributed by atoms with Gasteiger partial charge in [0.2, 0.25) is 0 Å². The summed E-state index contributed by atoms with van der Waals surface area (Å²) in [5, 5.41) is 11.5. The summed E-state index contributed by atoms with van der Waals surface area (Å²) in [4.78, 5) is 13.8. The number of halogens is 1. The van der Waals surface area contributed by atoms with Gasteiger partial charge in [-0.25, -0.2) is 0 Å². The molecule has 0 aliphatic heterocycles. The molecule has 0 saturated carbocycles. The first-order chi connectivity index (χ1) is 11.3. The summed E-state index contributed by atoms with van der Waals surface area (Å²) in [5.74, 6) is 0.182. The van der Waals surface area contributed by atoms with Crippen molar-refractivity contribution in [2.24, 2.45) is 0 Å². The van der Waals surface area contributed by atoms with Crippen LogP contribution in [0, 0.1) is 0 Å². The van der Waals surface area contributed by atoms with Crippen molar-refractivity contribution in [3.63, 3.8) is 0 Å². The van der Waals surface area contributed by atoms with Crippen LogP contribution >= 0.6 is 11.6 Å². The van der Waals surface area contributed by atoms with E-state index in [0.717, 1.165) is 5.57 Å². The number of hydrogen-bond donors (Lipinski definition) is 1. The zero-order valence-corrected chi connectivity index (χ0v) is 19.3. The highest BCUT2D eigenvalue weighted by Crippen LogP contribution is 2.60. The van der Waals surface area contributed by atoms with Crippen LogP contribution in [-0.2, 0) is 4.79 Å². The summed E-state index contributed by atoms with van der Waals surface area (Å²) >= 11 is 6.08. The highest BCUT2D eigenvalue weighted by molar-refractivity contribution is 7.04. The number of rotatable bonds is 3. The van der Waals surface area contributed by atoms with Gasteiger partial charge in [0.1, 0.15) is 5.76 Å². The molecule has 0 unspecified atom stereocenters. The van der Waals surface area contributed by atoms with Gasteiger partial charge >= 0.3 is 0 Å². The Kier molecular flexibility index (Phi) is 5.05. The molecule has 1 aliphatic carbocycles. The quantitative estimate of drug-likeness (QED) is 0.363. The Bertz CT molecular complexity index is 779. The van der Waals surface area contributed by atoms with Gasteiger partial charge in [-0.1, -0.05) is 68.6 Å². The van der Waals surface area contributed by atoms with E-state index in [-0.39, 0.29) is 11.5 Å². The fourth-order valence-corrected chi connectivity index (χ4v) is 18.4. The molecular weight excluding hydrogens is 364 g/mol. The molecule has 0 spiro atoms. The maximum atomic E-state index is 13.8. The maximum absolute atomic E-state index is 13.8. The lowest BCUT2D eigenvalue weighted by Crippen LogP contribution is -2.58. The Morgan fingerprint density at radius 3 is 1.96 bits per heavy atom. The number of aliphatic hydroxyl groups is 1. The van der Waals surface area contributed by atoms with Crippen LogP contribution in [0.5, 0.6) is 0 Å². The summed E-state index contributed by atoms with van der Waals surface area (Å²) in [7, 11) is -3.79. The predicted molar refractivity (Wildman–Crippen MR) is 114 cm³/mol. The van der Waals surface area contributed by atoms with E-state index in [1.54, 1.807) is 24.3 Å². The molecule has 1 aromatic rings. The number of allylic oxidation sites excluding steroid dienone is 3. The van der Waals surface area contributed by atoms with Crippen LogP contribution in [0.3, 0.4) is 0 Å². The van der Waals surface area contributed by atoms with Gasteiger partial charge in [-0.15, -0.1) is 0 Å². The number of benzene rings is 1. The van der Waals surface area contributed by atoms with Gasteiger partial charge in [0.15, 0.2) is 5.78 Å². The van der Waals surface area contributed by atoms with Crippen LogP contribution in [0.2, 0.25) is 49.0 Å². The van der Waals surface area contributed by atoms with Crippen LogP contribution in [0.15, 0.2) is 41.0 Å². The van der Waals surface area contributed by atoms with Crippen molar-refractivity contribution in [3.8, 4) is 0 Å². The molecule has 2 rings (SSSR count). The second kappa shape index (κ2) is 6.25. The first-order valence-corrected chi connectivity index (χ1v) is 16.1. The summed E-state index contributed by atoms with van der Waals surface area (Å²) in [6.45, 7) is 17.7. The fraction of sp³-hybridized carbons (Fsp3) is 0.450. The topological polar surface area (TPSA) is 37.3 Å². The lowest BCUT2D eigenvalue weighted by molar-refractivity contribution is -0.115. The third-order valence-corrected chi connectivity index (χ3v) is 16.1. The third kappa shape index (κ3) is 2.88. The molecular formula is C20H29ClO2Si2. The molecule has 1 aliphatic rings. The molecule has 2 nitrogen and oxygen atoms in total. The van der Waals surface area contributed by atoms with Gasteiger partial charge in [0.05, 0.1) is 21.7 Å².